The minimum absolute atomic E-state index is 0.0589. The summed E-state index contributed by atoms with van der Waals surface area (Å²) in [6, 6.07) is 13.6. The Labute approximate surface area is 156 Å². The lowest BCUT2D eigenvalue weighted by Gasteiger charge is -2.18. The summed E-state index contributed by atoms with van der Waals surface area (Å²) in [4.78, 5) is 37.3. The standard InChI is InChI=1S/C20H21FN2O4/c1-14(22-19(25)15-8-4-3-5-9-15)20(26)27-13-18(24)23(2)12-16-10-6-7-11-17(16)21/h3-11,14H,12-13H2,1-2H3,(H,22,25)/t14-/m0/s1. The molecule has 0 aromatic heterocycles. The average molecular weight is 372 g/mol. The minimum atomic E-state index is -0.914. The summed E-state index contributed by atoms with van der Waals surface area (Å²) in [6.45, 7) is 1.04. The van der Waals surface area contributed by atoms with Crippen LogP contribution in [0, 0.1) is 5.82 Å². The number of esters is 1. The van der Waals surface area contributed by atoms with Gasteiger partial charge in [0, 0.05) is 24.7 Å². The molecule has 0 bridgehead atoms. The number of rotatable bonds is 7. The van der Waals surface area contributed by atoms with Crippen LogP contribution in [0.4, 0.5) is 4.39 Å². The van der Waals surface area contributed by atoms with Crippen molar-refractivity contribution in [3.05, 3.63) is 71.5 Å². The first-order chi connectivity index (χ1) is 12.9. The largest absolute Gasteiger partial charge is 0.454 e. The normalized spacial score (nSPS) is 11.4. The van der Waals surface area contributed by atoms with Crippen molar-refractivity contribution in [1.82, 2.24) is 10.2 Å². The van der Waals surface area contributed by atoms with E-state index in [9.17, 15) is 18.8 Å². The molecule has 0 unspecified atom stereocenters. The number of ether oxygens (including phenoxy) is 1. The number of halogens is 1. The fraction of sp³-hybridized carbons (Fsp3) is 0.250. The van der Waals surface area contributed by atoms with Crippen molar-refractivity contribution in [3.8, 4) is 0 Å². The molecule has 142 valence electrons. The molecule has 1 atom stereocenters. The molecule has 0 aliphatic rings. The molecule has 0 aliphatic heterocycles. The Morgan fingerprint density at radius 1 is 1.07 bits per heavy atom. The second-order valence-corrected chi connectivity index (χ2v) is 6.01. The van der Waals surface area contributed by atoms with Crippen molar-refractivity contribution in [3.63, 3.8) is 0 Å². The smallest absolute Gasteiger partial charge is 0.328 e. The quantitative estimate of drug-likeness (QED) is 0.756. The van der Waals surface area contributed by atoms with Crippen molar-refractivity contribution >= 4 is 17.8 Å². The van der Waals surface area contributed by atoms with Gasteiger partial charge in [-0.25, -0.2) is 9.18 Å². The van der Waals surface area contributed by atoms with Gasteiger partial charge in [0.15, 0.2) is 6.61 Å². The van der Waals surface area contributed by atoms with Gasteiger partial charge in [-0.2, -0.15) is 0 Å². The molecule has 0 aliphatic carbocycles. The van der Waals surface area contributed by atoms with Gasteiger partial charge in [-0.3, -0.25) is 9.59 Å². The van der Waals surface area contributed by atoms with E-state index in [-0.39, 0.29) is 6.54 Å². The summed E-state index contributed by atoms with van der Waals surface area (Å²) in [5, 5.41) is 2.51. The molecule has 0 fully saturated rings. The van der Waals surface area contributed by atoms with E-state index in [0.29, 0.717) is 11.1 Å². The van der Waals surface area contributed by atoms with Gasteiger partial charge in [0.1, 0.15) is 11.9 Å². The predicted octanol–water partition coefficient (Wildman–Crippen LogP) is 2.15. The SMILES string of the molecule is C[C@H](NC(=O)c1ccccc1)C(=O)OCC(=O)N(C)Cc1ccccc1F. The Morgan fingerprint density at radius 2 is 1.70 bits per heavy atom. The number of amides is 2. The van der Waals surface area contributed by atoms with Crippen LogP contribution >= 0.6 is 0 Å². The van der Waals surface area contributed by atoms with Crippen LogP contribution in [0.5, 0.6) is 0 Å². The van der Waals surface area contributed by atoms with Gasteiger partial charge in [-0.15, -0.1) is 0 Å². The third kappa shape index (κ3) is 5.91. The number of benzene rings is 2. The molecule has 2 aromatic carbocycles. The molecule has 27 heavy (non-hydrogen) atoms. The first-order valence-corrected chi connectivity index (χ1v) is 8.38. The second kappa shape index (κ2) is 9.47. The zero-order valence-electron chi connectivity index (χ0n) is 15.1. The summed E-state index contributed by atoms with van der Waals surface area (Å²) >= 11 is 0. The van der Waals surface area contributed by atoms with Gasteiger partial charge < -0.3 is 15.0 Å². The van der Waals surface area contributed by atoms with E-state index in [0.717, 1.165) is 0 Å². The van der Waals surface area contributed by atoms with E-state index in [1.807, 2.05) is 0 Å². The van der Waals surface area contributed by atoms with Crippen molar-refractivity contribution in [1.29, 1.82) is 0 Å². The molecule has 0 radical (unpaired) electrons. The molecule has 0 spiro atoms. The van der Waals surface area contributed by atoms with Gasteiger partial charge in [0.25, 0.3) is 11.8 Å². The molecule has 2 aromatic rings. The van der Waals surface area contributed by atoms with Crippen molar-refractivity contribution in [2.24, 2.45) is 0 Å². The fourth-order valence-corrected chi connectivity index (χ4v) is 2.27. The Hall–Kier alpha value is -3.22. The summed E-state index contributed by atoms with van der Waals surface area (Å²) in [5.41, 5.74) is 0.779. The second-order valence-electron chi connectivity index (χ2n) is 6.01. The monoisotopic (exact) mass is 372 g/mol. The summed E-state index contributed by atoms with van der Waals surface area (Å²) in [7, 11) is 1.49. The lowest BCUT2D eigenvalue weighted by atomic mass is 10.2. The highest BCUT2D eigenvalue weighted by Crippen LogP contribution is 2.09. The maximum atomic E-state index is 13.6. The zero-order chi connectivity index (χ0) is 19.8. The predicted molar refractivity (Wildman–Crippen MR) is 97.2 cm³/mol. The highest BCUT2D eigenvalue weighted by Gasteiger charge is 2.20. The van der Waals surface area contributed by atoms with Crippen LogP contribution in [0.25, 0.3) is 0 Å². The van der Waals surface area contributed by atoms with E-state index in [2.05, 4.69) is 5.32 Å². The Bertz CT molecular complexity index is 811. The molecule has 1 N–H and O–H groups in total. The number of nitrogens with one attached hydrogen (secondary N) is 1. The molecule has 2 rings (SSSR count). The van der Waals surface area contributed by atoms with Gasteiger partial charge in [0.05, 0.1) is 0 Å². The number of carbonyl (C=O) groups excluding carboxylic acids is 3. The summed E-state index contributed by atoms with van der Waals surface area (Å²) in [6.07, 6.45) is 0. The van der Waals surface area contributed by atoms with Crippen LogP contribution in [0.15, 0.2) is 54.6 Å². The summed E-state index contributed by atoms with van der Waals surface area (Å²) < 4.78 is 18.6. The lowest BCUT2D eigenvalue weighted by Crippen LogP contribution is -2.41. The zero-order valence-corrected chi connectivity index (χ0v) is 15.1. The highest BCUT2D eigenvalue weighted by atomic mass is 19.1. The van der Waals surface area contributed by atoms with E-state index in [1.165, 1.54) is 24.9 Å². The van der Waals surface area contributed by atoms with Crippen molar-refractivity contribution in [2.75, 3.05) is 13.7 Å². The first kappa shape index (κ1) is 20.1. The van der Waals surface area contributed by atoms with Crippen LogP contribution < -0.4 is 5.32 Å². The number of nitrogens with zero attached hydrogens (tertiary/aromatic N) is 1. The Kier molecular flexibility index (Phi) is 7.05. The number of hydrogen-bond donors (Lipinski definition) is 1. The van der Waals surface area contributed by atoms with Crippen molar-refractivity contribution in [2.45, 2.75) is 19.5 Å². The van der Waals surface area contributed by atoms with Crippen LogP contribution in [0.3, 0.4) is 0 Å². The molecular formula is C20H21FN2O4. The third-order valence-electron chi connectivity index (χ3n) is 3.87. The van der Waals surface area contributed by atoms with Gasteiger partial charge in [-0.1, -0.05) is 36.4 Å². The Balaban J connectivity index is 1.80. The number of likely N-dealkylation sites (N-methyl/N-ethyl adjacent to an activating group) is 1. The highest BCUT2D eigenvalue weighted by molar-refractivity contribution is 5.96. The topological polar surface area (TPSA) is 75.7 Å². The molecule has 0 heterocycles. The van der Waals surface area contributed by atoms with E-state index >= 15 is 0 Å². The molecular weight excluding hydrogens is 351 g/mol. The maximum absolute atomic E-state index is 13.6. The fourth-order valence-electron chi connectivity index (χ4n) is 2.27. The maximum Gasteiger partial charge on any atom is 0.328 e. The first-order valence-electron chi connectivity index (χ1n) is 8.38. The van der Waals surface area contributed by atoms with Gasteiger partial charge >= 0.3 is 5.97 Å². The minimum Gasteiger partial charge on any atom is -0.454 e. The molecule has 7 heteroatoms. The van der Waals surface area contributed by atoms with Crippen LogP contribution in [0.1, 0.15) is 22.8 Å². The number of hydrogen-bond acceptors (Lipinski definition) is 4. The number of carbonyl (C=O) groups is 3. The average Bonchev–Trinajstić information content (AvgIpc) is 2.68. The van der Waals surface area contributed by atoms with Crippen LogP contribution in [-0.2, 0) is 20.9 Å². The van der Waals surface area contributed by atoms with E-state index in [1.54, 1.807) is 48.5 Å². The van der Waals surface area contributed by atoms with Crippen LogP contribution in [0.2, 0.25) is 0 Å². The molecule has 0 saturated carbocycles. The van der Waals surface area contributed by atoms with Gasteiger partial charge in [-0.05, 0) is 25.1 Å². The third-order valence-corrected chi connectivity index (χ3v) is 3.87. The van der Waals surface area contributed by atoms with E-state index < -0.39 is 36.2 Å². The molecule has 6 nitrogen and oxygen atoms in total. The molecule has 2 amide bonds. The van der Waals surface area contributed by atoms with E-state index in [4.69, 9.17) is 4.74 Å². The molecule has 0 saturated heterocycles. The lowest BCUT2D eigenvalue weighted by molar-refractivity contribution is -0.153. The van der Waals surface area contributed by atoms with Crippen molar-refractivity contribution < 1.29 is 23.5 Å². The Morgan fingerprint density at radius 3 is 2.37 bits per heavy atom. The van der Waals surface area contributed by atoms with Gasteiger partial charge in [0.2, 0.25) is 0 Å². The summed E-state index contributed by atoms with van der Waals surface area (Å²) in [5.74, 6) is -2.03. The van der Waals surface area contributed by atoms with Crippen LogP contribution in [-0.4, -0.2) is 42.4 Å².